The normalized spacial score (nSPS) is 10.5. The molecular weight excluding hydrogens is 218 g/mol. The number of benzene rings is 1. The molecule has 0 saturated carbocycles. The van der Waals surface area contributed by atoms with Crippen LogP contribution in [0.25, 0.3) is 0 Å². The molecule has 0 fully saturated rings. The van der Waals surface area contributed by atoms with Crippen LogP contribution in [0.2, 0.25) is 0 Å². The number of methoxy groups -OCH3 is 1. The lowest BCUT2D eigenvalue weighted by molar-refractivity contribution is -0.141. The maximum Gasteiger partial charge on any atom is 0.306 e. The molecule has 0 bridgehead atoms. The molecule has 0 spiro atoms. The number of esters is 1. The first kappa shape index (κ1) is 13.7. The second-order valence-corrected chi connectivity index (χ2v) is 3.81. The molecule has 4 heteroatoms. The monoisotopic (exact) mass is 237 g/mol. The summed E-state index contributed by atoms with van der Waals surface area (Å²) in [5.74, 6) is -0.221. The van der Waals surface area contributed by atoms with E-state index in [9.17, 15) is 4.79 Å². The summed E-state index contributed by atoms with van der Waals surface area (Å²) < 4.78 is 4.60. The molecule has 94 valence electrons. The molecule has 0 heterocycles. The van der Waals surface area contributed by atoms with E-state index < -0.39 is 0 Å². The van der Waals surface area contributed by atoms with Crippen molar-refractivity contribution < 1.29 is 14.6 Å². The van der Waals surface area contributed by atoms with Crippen LogP contribution in [0.5, 0.6) is 0 Å². The van der Waals surface area contributed by atoms with Gasteiger partial charge in [-0.05, 0) is 5.56 Å². The van der Waals surface area contributed by atoms with Gasteiger partial charge < -0.3 is 9.84 Å². The second-order valence-electron chi connectivity index (χ2n) is 3.81. The van der Waals surface area contributed by atoms with E-state index in [0.29, 0.717) is 19.5 Å². The van der Waals surface area contributed by atoms with Crippen molar-refractivity contribution in [2.24, 2.45) is 0 Å². The Balaban J connectivity index is 2.45. The molecular formula is C13H19NO3. The molecule has 0 radical (unpaired) electrons. The smallest absolute Gasteiger partial charge is 0.306 e. The van der Waals surface area contributed by atoms with Gasteiger partial charge in [-0.2, -0.15) is 0 Å². The number of ether oxygens (including phenoxy) is 1. The van der Waals surface area contributed by atoms with Crippen LogP contribution in [-0.4, -0.2) is 42.8 Å². The Hall–Kier alpha value is -1.39. The number of nitrogens with zero attached hydrogens (tertiary/aromatic N) is 1. The SMILES string of the molecule is COC(=O)CCN(CCO)Cc1ccccc1. The highest BCUT2D eigenvalue weighted by Crippen LogP contribution is 2.04. The van der Waals surface area contributed by atoms with Gasteiger partial charge in [0.2, 0.25) is 0 Å². The first-order valence-electron chi connectivity index (χ1n) is 5.70. The van der Waals surface area contributed by atoms with Gasteiger partial charge in [0.15, 0.2) is 0 Å². The molecule has 0 aliphatic rings. The van der Waals surface area contributed by atoms with Crippen LogP contribution in [0.15, 0.2) is 30.3 Å². The summed E-state index contributed by atoms with van der Waals surface area (Å²) in [4.78, 5) is 13.1. The summed E-state index contributed by atoms with van der Waals surface area (Å²) in [6, 6.07) is 9.99. The summed E-state index contributed by atoms with van der Waals surface area (Å²) in [6.45, 7) is 1.99. The fourth-order valence-electron chi connectivity index (χ4n) is 1.60. The van der Waals surface area contributed by atoms with E-state index in [4.69, 9.17) is 5.11 Å². The minimum Gasteiger partial charge on any atom is -0.469 e. The summed E-state index contributed by atoms with van der Waals surface area (Å²) in [5.41, 5.74) is 1.17. The molecule has 1 aromatic rings. The largest absolute Gasteiger partial charge is 0.469 e. The van der Waals surface area contributed by atoms with Crippen molar-refractivity contribution in [1.29, 1.82) is 0 Å². The van der Waals surface area contributed by atoms with Crippen LogP contribution in [0.1, 0.15) is 12.0 Å². The average Bonchev–Trinajstić information content (AvgIpc) is 2.37. The fourth-order valence-corrected chi connectivity index (χ4v) is 1.60. The van der Waals surface area contributed by atoms with Crippen LogP contribution >= 0.6 is 0 Å². The van der Waals surface area contributed by atoms with Gasteiger partial charge in [0.1, 0.15) is 0 Å². The van der Waals surface area contributed by atoms with E-state index in [2.05, 4.69) is 4.74 Å². The number of hydrogen-bond donors (Lipinski definition) is 1. The van der Waals surface area contributed by atoms with Gasteiger partial charge in [-0.15, -0.1) is 0 Å². The Bertz CT molecular complexity index is 327. The molecule has 0 atom stereocenters. The van der Waals surface area contributed by atoms with E-state index in [0.717, 1.165) is 6.54 Å². The molecule has 1 rings (SSSR count). The number of rotatable bonds is 7. The molecule has 0 aliphatic heterocycles. The van der Waals surface area contributed by atoms with Crippen molar-refractivity contribution in [2.45, 2.75) is 13.0 Å². The standard InChI is InChI=1S/C13H19NO3/c1-17-13(16)7-8-14(9-10-15)11-12-5-3-2-4-6-12/h2-6,15H,7-11H2,1H3. The highest BCUT2D eigenvalue weighted by molar-refractivity contribution is 5.69. The third-order valence-corrected chi connectivity index (χ3v) is 2.53. The minimum absolute atomic E-state index is 0.0913. The number of carbonyl (C=O) groups excluding carboxylic acids is 1. The Kier molecular flexibility index (Phi) is 6.29. The zero-order valence-electron chi connectivity index (χ0n) is 10.1. The van der Waals surface area contributed by atoms with Gasteiger partial charge in [0.25, 0.3) is 0 Å². The lowest BCUT2D eigenvalue weighted by Crippen LogP contribution is -2.29. The van der Waals surface area contributed by atoms with Crippen LogP contribution < -0.4 is 0 Å². The third kappa shape index (κ3) is 5.47. The van der Waals surface area contributed by atoms with Gasteiger partial charge in [0.05, 0.1) is 20.1 Å². The molecule has 0 aliphatic carbocycles. The van der Waals surface area contributed by atoms with Crippen molar-refractivity contribution in [3.8, 4) is 0 Å². The zero-order valence-corrected chi connectivity index (χ0v) is 10.1. The minimum atomic E-state index is -0.221. The molecule has 1 aromatic carbocycles. The summed E-state index contributed by atoms with van der Waals surface area (Å²) in [5, 5.41) is 8.98. The number of aliphatic hydroxyl groups is 1. The number of carbonyl (C=O) groups is 1. The third-order valence-electron chi connectivity index (χ3n) is 2.53. The fraction of sp³-hybridized carbons (Fsp3) is 0.462. The Morgan fingerprint density at radius 1 is 1.29 bits per heavy atom. The van der Waals surface area contributed by atoms with Gasteiger partial charge in [-0.1, -0.05) is 30.3 Å². The van der Waals surface area contributed by atoms with E-state index in [1.54, 1.807) is 0 Å². The maximum absolute atomic E-state index is 11.1. The van der Waals surface area contributed by atoms with Crippen LogP contribution in [0, 0.1) is 0 Å². The molecule has 0 aromatic heterocycles. The highest BCUT2D eigenvalue weighted by atomic mass is 16.5. The first-order valence-corrected chi connectivity index (χ1v) is 5.70. The highest BCUT2D eigenvalue weighted by Gasteiger charge is 2.08. The molecule has 0 saturated heterocycles. The van der Waals surface area contributed by atoms with E-state index >= 15 is 0 Å². The predicted octanol–water partition coefficient (Wildman–Crippen LogP) is 1.04. The molecule has 4 nitrogen and oxygen atoms in total. The molecule has 1 N–H and O–H groups in total. The van der Waals surface area contributed by atoms with Crippen LogP contribution in [0.3, 0.4) is 0 Å². The van der Waals surface area contributed by atoms with Crippen molar-refractivity contribution in [3.05, 3.63) is 35.9 Å². The Morgan fingerprint density at radius 3 is 2.59 bits per heavy atom. The summed E-state index contributed by atoms with van der Waals surface area (Å²) in [7, 11) is 1.38. The van der Waals surface area contributed by atoms with Gasteiger partial charge >= 0.3 is 5.97 Å². The second kappa shape index (κ2) is 7.81. The zero-order chi connectivity index (χ0) is 12.5. The predicted molar refractivity (Wildman–Crippen MR) is 65.4 cm³/mol. The Labute approximate surface area is 102 Å². The van der Waals surface area contributed by atoms with Crippen molar-refractivity contribution in [2.75, 3.05) is 26.8 Å². The van der Waals surface area contributed by atoms with E-state index in [1.807, 2.05) is 35.2 Å². The number of hydrogen-bond acceptors (Lipinski definition) is 4. The molecule has 17 heavy (non-hydrogen) atoms. The van der Waals surface area contributed by atoms with Gasteiger partial charge in [-0.25, -0.2) is 0 Å². The Morgan fingerprint density at radius 2 is 2.00 bits per heavy atom. The summed E-state index contributed by atoms with van der Waals surface area (Å²) in [6.07, 6.45) is 0.351. The molecule has 0 amide bonds. The van der Waals surface area contributed by atoms with Crippen molar-refractivity contribution in [1.82, 2.24) is 4.90 Å². The topological polar surface area (TPSA) is 49.8 Å². The quantitative estimate of drug-likeness (QED) is 0.720. The van der Waals surface area contributed by atoms with Crippen LogP contribution in [0.4, 0.5) is 0 Å². The van der Waals surface area contributed by atoms with Gasteiger partial charge in [0, 0.05) is 19.6 Å². The number of aliphatic hydroxyl groups excluding tert-OH is 1. The first-order chi connectivity index (χ1) is 8.26. The van der Waals surface area contributed by atoms with Crippen molar-refractivity contribution >= 4 is 5.97 Å². The van der Waals surface area contributed by atoms with Gasteiger partial charge in [-0.3, -0.25) is 9.69 Å². The average molecular weight is 237 g/mol. The maximum atomic E-state index is 11.1. The molecule has 0 unspecified atom stereocenters. The lowest BCUT2D eigenvalue weighted by Gasteiger charge is -2.20. The lowest BCUT2D eigenvalue weighted by atomic mass is 10.2. The van der Waals surface area contributed by atoms with E-state index in [1.165, 1.54) is 12.7 Å². The van der Waals surface area contributed by atoms with E-state index in [-0.39, 0.29) is 12.6 Å². The van der Waals surface area contributed by atoms with Crippen LogP contribution in [-0.2, 0) is 16.1 Å². The summed E-state index contributed by atoms with van der Waals surface area (Å²) >= 11 is 0. The van der Waals surface area contributed by atoms with Crippen molar-refractivity contribution in [3.63, 3.8) is 0 Å².